The highest BCUT2D eigenvalue weighted by atomic mass is 16.5. The summed E-state index contributed by atoms with van der Waals surface area (Å²) in [6.07, 6.45) is 1.76. The molecule has 4 rings (SSSR count). The van der Waals surface area contributed by atoms with Crippen molar-refractivity contribution in [2.24, 2.45) is 0 Å². The van der Waals surface area contributed by atoms with E-state index in [0.717, 1.165) is 29.5 Å². The fourth-order valence-electron chi connectivity index (χ4n) is 4.12. The van der Waals surface area contributed by atoms with Gasteiger partial charge < -0.3 is 14.7 Å². The molecule has 0 saturated heterocycles. The van der Waals surface area contributed by atoms with Crippen molar-refractivity contribution >= 4 is 11.9 Å². The molecule has 36 heavy (non-hydrogen) atoms. The Morgan fingerprint density at radius 1 is 0.722 bits per heavy atom. The third kappa shape index (κ3) is 6.39. The van der Waals surface area contributed by atoms with Crippen LogP contribution in [0.25, 0.3) is 11.1 Å². The second-order valence-corrected chi connectivity index (χ2v) is 8.62. The number of carboxylic acid groups (broad SMARTS) is 1. The maximum Gasteiger partial charge on any atom is 0.335 e. The molecule has 0 heterocycles. The van der Waals surface area contributed by atoms with Gasteiger partial charge >= 0.3 is 5.97 Å². The Bertz CT molecular complexity index is 1280. The van der Waals surface area contributed by atoms with Crippen LogP contribution >= 0.6 is 0 Å². The van der Waals surface area contributed by atoms with Gasteiger partial charge in [0.05, 0.1) is 12.7 Å². The molecule has 1 amide bonds. The van der Waals surface area contributed by atoms with Crippen molar-refractivity contribution in [2.75, 3.05) is 13.7 Å². The van der Waals surface area contributed by atoms with Gasteiger partial charge in [0.1, 0.15) is 5.75 Å². The van der Waals surface area contributed by atoms with Crippen molar-refractivity contribution in [3.8, 4) is 16.9 Å². The van der Waals surface area contributed by atoms with Gasteiger partial charge in [-0.25, -0.2) is 4.79 Å². The lowest BCUT2D eigenvalue weighted by Crippen LogP contribution is -2.31. The number of carbonyl (C=O) groups is 2. The molecule has 0 unspecified atom stereocenters. The van der Waals surface area contributed by atoms with Crippen LogP contribution in [-0.4, -0.2) is 35.5 Å². The molecule has 5 nitrogen and oxygen atoms in total. The van der Waals surface area contributed by atoms with E-state index in [4.69, 9.17) is 9.84 Å². The van der Waals surface area contributed by atoms with E-state index in [0.29, 0.717) is 24.4 Å². The third-order valence-corrected chi connectivity index (χ3v) is 6.15. The number of amides is 1. The minimum absolute atomic E-state index is 0.0148. The van der Waals surface area contributed by atoms with Crippen LogP contribution in [0.5, 0.6) is 5.75 Å². The van der Waals surface area contributed by atoms with Crippen LogP contribution in [0.3, 0.4) is 0 Å². The van der Waals surface area contributed by atoms with Gasteiger partial charge in [0, 0.05) is 18.7 Å². The maximum atomic E-state index is 13.4. The number of carbonyl (C=O) groups excluding carboxylic acids is 1. The SMILES string of the molecule is COc1ccc(C(=O)N(CCCc2ccccc2)Cc2ccc(-c3ccc(C(=O)O)cc3)cc2)cc1. The molecule has 1 N–H and O–H groups in total. The fourth-order valence-corrected chi connectivity index (χ4v) is 4.12. The van der Waals surface area contributed by atoms with Gasteiger partial charge in [-0.2, -0.15) is 0 Å². The summed E-state index contributed by atoms with van der Waals surface area (Å²) in [6.45, 7) is 1.13. The van der Waals surface area contributed by atoms with E-state index in [1.54, 1.807) is 43.5 Å². The Morgan fingerprint density at radius 3 is 1.89 bits per heavy atom. The monoisotopic (exact) mass is 479 g/mol. The molecule has 5 heteroatoms. The summed E-state index contributed by atoms with van der Waals surface area (Å²) in [6, 6.07) is 32.4. The molecular formula is C31H29NO4. The zero-order valence-electron chi connectivity index (χ0n) is 20.3. The van der Waals surface area contributed by atoms with Crippen molar-refractivity contribution < 1.29 is 19.4 Å². The second-order valence-electron chi connectivity index (χ2n) is 8.62. The molecule has 0 aliphatic carbocycles. The Labute approximate surface area is 211 Å². The second kappa shape index (κ2) is 11.8. The number of methoxy groups -OCH3 is 1. The summed E-state index contributed by atoms with van der Waals surface area (Å²) >= 11 is 0. The number of hydrogen-bond acceptors (Lipinski definition) is 3. The maximum absolute atomic E-state index is 13.4. The standard InChI is InChI=1S/C31H29NO4/c1-36-29-19-17-27(18-20-29)30(33)32(21-5-8-23-6-3-2-4-7-23)22-24-9-11-25(12-10-24)26-13-15-28(16-14-26)31(34)35/h2-4,6-7,9-20H,5,8,21-22H2,1H3,(H,34,35). The van der Waals surface area contributed by atoms with Gasteiger partial charge in [-0.15, -0.1) is 0 Å². The highest BCUT2D eigenvalue weighted by Crippen LogP contribution is 2.22. The van der Waals surface area contributed by atoms with Crippen LogP contribution in [0.15, 0.2) is 103 Å². The summed E-state index contributed by atoms with van der Waals surface area (Å²) in [5.41, 5.74) is 5.12. The molecular weight excluding hydrogens is 450 g/mol. The highest BCUT2D eigenvalue weighted by molar-refractivity contribution is 5.94. The van der Waals surface area contributed by atoms with Gasteiger partial charge in [-0.3, -0.25) is 4.79 Å². The van der Waals surface area contributed by atoms with Gasteiger partial charge in [0.2, 0.25) is 0 Å². The predicted octanol–water partition coefficient (Wildman–Crippen LogP) is 6.34. The topological polar surface area (TPSA) is 66.8 Å². The molecule has 0 aliphatic rings. The van der Waals surface area contributed by atoms with Crippen LogP contribution < -0.4 is 4.74 Å². The highest BCUT2D eigenvalue weighted by Gasteiger charge is 2.16. The molecule has 0 radical (unpaired) electrons. The summed E-state index contributed by atoms with van der Waals surface area (Å²) in [5.74, 6) is -0.237. The number of carboxylic acids is 1. The van der Waals surface area contributed by atoms with Gasteiger partial charge in [-0.05, 0) is 71.5 Å². The van der Waals surface area contributed by atoms with Crippen LogP contribution in [0.4, 0.5) is 0 Å². The molecule has 4 aromatic carbocycles. The van der Waals surface area contributed by atoms with Gasteiger partial charge in [-0.1, -0.05) is 66.7 Å². The Balaban J connectivity index is 1.48. The van der Waals surface area contributed by atoms with E-state index in [9.17, 15) is 9.59 Å². The van der Waals surface area contributed by atoms with E-state index in [2.05, 4.69) is 12.1 Å². The zero-order valence-corrected chi connectivity index (χ0v) is 20.3. The number of hydrogen-bond donors (Lipinski definition) is 1. The number of benzene rings is 4. The number of rotatable bonds is 10. The molecule has 182 valence electrons. The van der Waals surface area contributed by atoms with Crippen molar-refractivity contribution in [1.29, 1.82) is 0 Å². The van der Waals surface area contributed by atoms with E-state index in [1.165, 1.54) is 5.56 Å². The van der Waals surface area contributed by atoms with Gasteiger partial charge in [0.15, 0.2) is 0 Å². The van der Waals surface area contributed by atoms with Crippen LogP contribution in [0.1, 0.15) is 38.3 Å². The van der Waals surface area contributed by atoms with Crippen molar-refractivity contribution in [1.82, 2.24) is 4.90 Å². The summed E-state index contributed by atoms with van der Waals surface area (Å²) < 4.78 is 5.23. The van der Waals surface area contributed by atoms with Crippen LogP contribution in [0.2, 0.25) is 0 Å². The molecule has 4 aromatic rings. The van der Waals surface area contributed by atoms with E-state index < -0.39 is 5.97 Å². The lowest BCUT2D eigenvalue weighted by molar-refractivity contribution is 0.0695. The van der Waals surface area contributed by atoms with E-state index >= 15 is 0 Å². The number of aryl methyl sites for hydroxylation is 1. The quantitative estimate of drug-likeness (QED) is 0.288. The van der Waals surface area contributed by atoms with Crippen molar-refractivity contribution in [3.63, 3.8) is 0 Å². The van der Waals surface area contributed by atoms with Crippen LogP contribution in [0, 0.1) is 0 Å². The number of ether oxygens (including phenoxy) is 1. The zero-order chi connectivity index (χ0) is 25.3. The van der Waals surface area contributed by atoms with E-state index in [1.807, 2.05) is 59.5 Å². The number of nitrogens with zero attached hydrogens (tertiary/aromatic N) is 1. The predicted molar refractivity (Wildman–Crippen MR) is 141 cm³/mol. The lowest BCUT2D eigenvalue weighted by Gasteiger charge is -2.23. The minimum atomic E-state index is -0.939. The van der Waals surface area contributed by atoms with Crippen molar-refractivity contribution in [3.05, 3.63) is 125 Å². The fraction of sp³-hybridized carbons (Fsp3) is 0.161. The normalized spacial score (nSPS) is 10.6. The van der Waals surface area contributed by atoms with Crippen molar-refractivity contribution in [2.45, 2.75) is 19.4 Å². The first-order valence-corrected chi connectivity index (χ1v) is 11.9. The first-order valence-electron chi connectivity index (χ1n) is 11.9. The smallest absolute Gasteiger partial charge is 0.335 e. The molecule has 0 fully saturated rings. The molecule has 0 bridgehead atoms. The summed E-state index contributed by atoms with van der Waals surface area (Å²) in [4.78, 5) is 26.4. The Morgan fingerprint density at radius 2 is 1.31 bits per heavy atom. The molecule has 0 atom stereocenters. The Kier molecular flexibility index (Phi) is 8.14. The largest absolute Gasteiger partial charge is 0.497 e. The first kappa shape index (κ1) is 24.7. The average molecular weight is 480 g/mol. The minimum Gasteiger partial charge on any atom is -0.497 e. The number of aromatic carboxylic acids is 1. The summed E-state index contributed by atoms with van der Waals surface area (Å²) in [7, 11) is 1.61. The van der Waals surface area contributed by atoms with Gasteiger partial charge in [0.25, 0.3) is 5.91 Å². The molecule has 0 aromatic heterocycles. The Hall–Kier alpha value is -4.38. The average Bonchev–Trinajstić information content (AvgIpc) is 2.93. The van der Waals surface area contributed by atoms with Crippen LogP contribution in [-0.2, 0) is 13.0 Å². The molecule has 0 saturated carbocycles. The first-order chi connectivity index (χ1) is 17.5. The van der Waals surface area contributed by atoms with E-state index in [-0.39, 0.29) is 11.5 Å². The lowest BCUT2D eigenvalue weighted by atomic mass is 10.0. The summed E-state index contributed by atoms with van der Waals surface area (Å²) in [5, 5.41) is 9.11. The third-order valence-electron chi connectivity index (χ3n) is 6.15. The molecule has 0 spiro atoms. The molecule has 0 aliphatic heterocycles.